The van der Waals surface area contributed by atoms with Crippen molar-refractivity contribution in [1.29, 1.82) is 0 Å². The molecule has 86 valence electrons. The molecule has 0 fully saturated rings. The molecule has 0 bridgehead atoms. The third-order valence-electron chi connectivity index (χ3n) is 2.61. The van der Waals surface area contributed by atoms with Crippen molar-refractivity contribution in [3.8, 4) is 11.3 Å². The molecule has 1 aliphatic rings. The first-order chi connectivity index (χ1) is 8.13. The van der Waals surface area contributed by atoms with Crippen molar-refractivity contribution < 1.29 is 9.32 Å². The summed E-state index contributed by atoms with van der Waals surface area (Å²) in [6.07, 6.45) is 0.330. The summed E-state index contributed by atoms with van der Waals surface area (Å²) < 4.78 is 4.80. The topological polar surface area (TPSA) is 81.2 Å². The number of carbonyl (C=O) groups excluding carboxylic acids is 1. The molecule has 0 radical (unpaired) electrons. The van der Waals surface area contributed by atoms with Crippen LogP contribution in [0.3, 0.4) is 0 Å². The van der Waals surface area contributed by atoms with E-state index in [9.17, 15) is 4.79 Å². The normalized spacial score (nSPS) is 13.6. The lowest BCUT2D eigenvalue weighted by molar-refractivity contribution is -0.115. The predicted molar refractivity (Wildman–Crippen MR) is 63.7 cm³/mol. The number of aromatic nitrogens is 1. The van der Waals surface area contributed by atoms with Crippen LogP contribution in [-0.2, 0) is 11.2 Å². The molecule has 5 nitrogen and oxygen atoms in total. The van der Waals surface area contributed by atoms with Crippen molar-refractivity contribution in [2.24, 2.45) is 0 Å². The number of anilines is 2. The van der Waals surface area contributed by atoms with Gasteiger partial charge in [-0.15, -0.1) is 0 Å². The van der Waals surface area contributed by atoms with E-state index in [4.69, 9.17) is 21.9 Å². The Labute approximate surface area is 102 Å². The number of nitrogens with one attached hydrogen (secondary N) is 1. The van der Waals surface area contributed by atoms with E-state index < -0.39 is 0 Å². The van der Waals surface area contributed by atoms with Gasteiger partial charge >= 0.3 is 0 Å². The molecule has 0 aliphatic carbocycles. The second-order valence-electron chi connectivity index (χ2n) is 3.83. The monoisotopic (exact) mass is 249 g/mol. The maximum atomic E-state index is 11.3. The maximum Gasteiger partial charge on any atom is 0.228 e. The van der Waals surface area contributed by atoms with E-state index in [1.165, 1.54) is 0 Å². The summed E-state index contributed by atoms with van der Waals surface area (Å²) in [5.74, 6) is 0.185. The minimum absolute atomic E-state index is 0.0567. The van der Waals surface area contributed by atoms with Crippen LogP contribution >= 0.6 is 11.6 Å². The van der Waals surface area contributed by atoms with Crippen molar-refractivity contribution in [2.75, 3.05) is 11.1 Å². The van der Waals surface area contributed by atoms with Crippen LogP contribution in [0, 0.1) is 0 Å². The Morgan fingerprint density at radius 2 is 2.24 bits per heavy atom. The van der Waals surface area contributed by atoms with E-state index in [-0.39, 0.29) is 11.8 Å². The van der Waals surface area contributed by atoms with Crippen molar-refractivity contribution in [3.63, 3.8) is 0 Å². The third-order valence-corrected chi connectivity index (χ3v) is 2.91. The summed E-state index contributed by atoms with van der Waals surface area (Å²) in [5.41, 5.74) is 8.38. The Bertz CT molecular complexity index is 621. The first-order valence-electron chi connectivity index (χ1n) is 4.98. The molecule has 17 heavy (non-hydrogen) atoms. The molecule has 0 unspecified atom stereocenters. The molecule has 6 heteroatoms. The van der Waals surface area contributed by atoms with Gasteiger partial charge in [0, 0.05) is 11.6 Å². The first-order valence-corrected chi connectivity index (χ1v) is 5.36. The molecule has 1 amide bonds. The third kappa shape index (κ3) is 1.64. The lowest BCUT2D eigenvalue weighted by Gasteiger charge is -2.04. The van der Waals surface area contributed by atoms with Gasteiger partial charge in [0.25, 0.3) is 0 Å². The fraction of sp³-hybridized carbons (Fsp3) is 0.0909. The molecule has 0 saturated heterocycles. The van der Waals surface area contributed by atoms with Gasteiger partial charge < -0.3 is 15.6 Å². The Balaban J connectivity index is 2.12. The van der Waals surface area contributed by atoms with Crippen molar-refractivity contribution in [1.82, 2.24) is 5.16 Å². The summed E-state index contributed by atoms with van der Waals surface area (Å²) in [5, 5.41) is 7.01. The SMILES string of the molecule is Nc1cc(-c2cc(Cl)c3c(c2)CC(=O)N3)no1. The fourth-order valence-corrected chi connectivity index (χ4v) is 2.16. The molecule has 2 aromatic rings. The van der Waals surface area contributed by atoms with E-state index in [0.29, 0.717) is 22.8 Å². The molecule has 3 rings (SSSR count). The van der Waals surface area contributed by atoms with Crippen LogP contribution in [0.1, 0.15) is 5.56 Å². The van der Waals surface area contributed by atoms with Gasteiger partial charge in [0.2, 0.25) is 11.8 Å². The number of nitrogen functional groups attached to an aromatic ring is 1. The van der Waals surface area contributed by atoms with Gasteiger partial charge in [-0.2, -0.15) is 0 Å². The number of benzene rings is 1. The van der Waals surface area contributed by atoms with Crippen LogP contribution in [0.15, 0.2) is 22.7 Å². The minimum Gasteiger partial charge on any atom is -0.368 e. The Kier molecular flexibility index (Phi) is 2.09. The highest BCUT2D eigenvalue weighted by Gasteiger charge is 2.21. The second kappa shape index (κ2) is 3.49. The number of rotatable bonds is 1. The van der Waals surface area contributed by atoms with Crippen LogP contribution in [0.25, 0.3) is 11.3 Å². The van der Waals surface area contributed by atoms with Gasteiger partial charge in [-0.25, -0.2) is 0 Å². The molecule has 1 aromatic carbocycles. The Morgan fingerprint density at radius 3 is 2.94 bits per heavy atom. The van der Waals surface area contributed by atoms with Crippen LogP contribution in [-0.4, -0.2) is 11.1 Å². The zero-order valence-corrected chi connectivity index (χ0v) is 9.41. The van der Waals surface area contributed by atoms with Gasteiger partial charge in [0.15, 0.2) is 0 Å². The Morgan fingerprint density at radius 1 is 1.41 bits per heavy atom. The molecule has 1 aliphatic heterocycles. The summed E-state index contributed by atoms with van der Waals surface area (Å²) in [6, 6.07) is 5.20. The fourth-order valence-electron chi connectivity index (χ4n) is 1.87. The summed E-state index contributed by atoms with van der Waals surface area (Å²) in [6.45, 7) is 0. The average molecular weight is 250 g/mol. The van der Waals surface area contributed by atoms with Crippen LogP contribution in [0.4, 0.5) is 11.6 Å². The van der Waals surface area contributed by atoms with E-state index in [2.05, 4.69) is 10.5 Å². The highest BCUT2D eigenvalue weighted by Crippen LogP contribution is 2.35. The molecule has 3 N–H and O–H groups in total. The molecule has 0 atom stereocenters. The number of nitrogens with zero attached hydrogens (tertiary/aromatic N) is 1. The van der Waals surface area contributed by atoms with Gasteiger partial charge in [-0.3, -0.25) is 4.79 Å². The lowest BCUT2D eigenvalue weighted by atomic mass is 10.1. The Hall–Kier alpha value is -2.01. The number of hydrogen-bond donors (Lipinski definition) is 2. The van der Waals surface area contributed by atoms with Crippen LogP contribution in [0.2, 0.25) is 5.02 Å². The van der Waals surface area contributed by atoms with Crippen molar-refractivity contribution in [2.45, 2.75) is 6.42 Å². The highest BCUT2D eigenvalue weighted by atomic mass is 35.5. The van der Waals surface area contributed by atoms with Gasteiger partial charge in [-0.05, 0) is 17.7 Å². The van der Waals surface area contributed by atoms with Crippen LogP contribution < -0.4 is 11.1 Å². The first kappa shape index (κ1) is 10.2. The van der Waals surface area contributed by atoms with E-state index >= 15 is 0 Å². The molecular weight excluding hydrogens is 242 g/mol. The molecule has 2 heterocycles. The summed E-state index contributed by atoms with van der Waals surface area (Å²) in [4.78, 5) is 11.3. The number of carbonyl (C=O) groups is 1. The second-order valence-corrected chi connectivity index (χ2v) is 4.24. The van der Waals surface area contributed by atoms with Crippen LogP contribution in [0.5, 0.6) is 0 Å². The lowest BCUT2D eigenvalue weighted by Crippen LogP contribution is -2.03. The quantitative estimate of drug-likeness (QED) is 0.811. The summed E-state index contributed by atoms with van der Waals surface area (Å²) in [7, 11) is 0. The molecular formula is C11H8ClN3O2. The number of fused-ring (bicyclic) bond motifs is 1. The smallest absolute Gasteiger partial charge is 0.228 e. The zero-order chi connectivity index (χ0) is 12.0. The van der Waals surface area contributed by atoms with E-state index in [1.807, 2.05) is 6.07 Å². The van der Waals surface area contributed by atoms with E-state index in [1.54, 1.807) is 12.1 Å². The maximum absolute atomic E-state index is 11.3. The number of amides is 1. The largest absolute Gasteiger partial charge is 0.368 e. The van der Waals surface area contributed by atoms with Crippen molar-refractivity contribution >= 4 is 29.1 Å². The number of nitrogens with two attached hydrogens (primary N) is 1. The molecule has 1 aromatic heterocycles. The summed E-state index contributed by atoms with van der Waals surface area (Å²) >= 11 is 6.09. The minimum atomic E-state index is -0.0567. The zero-order valence-electron chi connectivity index (χ0n) is 8.66. The molecule has 0 spiro atoms. The highest BCUT2D eigenvalue weighted by molar-refractivity contribution is 6.34. The predicted octanol–water partition coefficient (Wildman–Crippen LogP) is 2.07. The average Bonchev–Trinajstić information content (AvgIpc) is 2.83. The van der Waals surface area contributed by atoms with Gasteiger partial charge in [0.1, 0.15) is 5.69 Å². The van der Waals surface area contributed by atoms with Crippen molar-refractivity contribution in [3.05, 3.63) is 28.8 Å². The van der Waals surface area contributed by atoms with Gasteiger partial charge in [-0.1, -0.05) is 16.8 Å². The standard InChI is InChI=1S/C11H8ClN3O2/c12-7-2-5(8-4-9(13)17-15-8)1-6-3-10(16)14-11(6)7/h1-2,4H,3,13H2,(H,14,16). The van der Waals surface area contributed by atoms with E-state index in [0.717, 1.165) is 11.1 Å². The number of hydrogen-bond acceptors (Lipinski definition) is 4. The van der Waals surface area contributed by atoms with Gasteiger partial charge in [0.05, 0.1) is 17.1 Å². The number of halogens is 1. The molecule has 0 saturated carbocycles.